The summed E-state index contributed by atoms with van der Waals surface area (Å²) in [4.78, 5) is 7.92. The number of hydrogen-bond acceptors (Lipinski definition) is 5. The first-order valence-corrected chi connectivity index (χ1v) is 9.86. The first kappa shape index (κ1) is 15.2. The van der Waals surface area contributed by atoms with Crippen LogP contribution in [0.15, 0.2) is 52.8 Å². The van der Waals surface area contributed by atoms with Gasteiger partial charge in [-0.15, -0.1) is 11.3 Å². The number of fused-ring (bicyclic) bond motifs is 1. The van der Waals surface area contributed by atoms with Crippen molar-refractivity contribution in [1.82, 2.24) is 4.90 Å². The third-order valence-corrected chi connectivity index (χ3v) is 6.88. The molecule has 1 aromatic heterocycles. The molecule has 2 aliphatic rings. The molecule has 0 bridgehead atoms. The molecule has 0 aliphatic carbocycles. The number of aliphatic imine (C=N–C) groups is 1. The fourth-order valence-electron chi connectivity index (χ4n) is 3.34. The van der Waals surface area contributed by atoms with Crippen molar-refractivity contribution < 1.29 is 5.11 Å². The molecule has 0 radical (unpaired) electrons. The molecule has 5 heteroatoms. The number of aliphatic hydroxyl groups is 1. The molecular weight excluding hydrogens is 324 g/mol. The van der Waals surface area contributed by atoms with E-state index in [2.05, 4.69) is 17.0 Å². The van der Waals surface area contributed by atoms with E-state index >= 15 is 0 Å². The van der Waals surface area contributed by atoms with E-state index in [0.29, 0.717) is 0 Å². The van der Waals surface area contributed by atoms with Gasteiger partial charge in [-0.1, -0.05) is 48.2 Å². The van der Waals surface area contributed by atoms with Gasteiger partial charge in [0.2, 0.25) is 0 Å². The Bertz CT molecular complexity index is 686. The lowest BCUT2D eigenvalue weighted by molar-refractivity contribution is -0.0692. The Hall–Kier alpha value is -1.30. The third-order valence-electron chi connectivity index (χ3n) is 4.50. The van der Waals surface area contributed by atoms with Gasteiger partial charge in [0.15, 0.2) is 10.9 Å². The minimum absolute atomic E-state index is 0.0424. The molecule has 120 valence electrons. The number of amidine groups is 1. The molecule has 2 aliphatic heterocycles. The summed E-state index contributed by atoms with van der Waals surface area (Å²) >= 11 is 3.33. The van der Waals surface area contributed by atoms with Gasteiger partial charge in [0, 0.05) is 13.1 Å². The fraction of sp³-hybridized carbons (Fsp3) is 0.389. The van der Waals surface area contributed by atoms with Crippen molar-refractivity contribution in [3.8, 4) is 0 Å². The highest BCUT2D eigenvalue weighted by Gasteiger charge is 2.53. The van der Waals surface area contributed by atoms with Gasteiger partial charge < -0.3 is 10.0 Å². The molecule has 23 heavy (non-hydrogen) atoms. The second-order valence-electron chi connectivity index (χ2n) is 5.99. The highest BCUT2D eigenvalue weighted by molar-refractivity contribution is 8.14. The average molecular weight is 345 g/mol. The van der Waals surface area contributed by atoms with Crippen LogP contribution in [0.2, 0.25) is 0 Å². The van der Waals surface area contributed by atoms with E-state index in [9.17, 15) is 5.11 Å². The maximum absolute atomic E-state index is 11.8. The van der Waals surface area contributed by atoms with Crippen LogP contribution in [0.3, 0.4) is 0 Å². The molecule has 2 aromatic rings. The predicted octanol–water partition coefficient (Wildman–Crippen LogP) is 4.22. The number of thioether (sulfide) groups is 1. The van der Waals surface area contributed by atoms with Gasteiger partial charge in [-0.3, -0.25) is 4.99 Å². The maximum Gasteiger partial charge on any atom is 0.192 e. The Morgan fingerprint density at radius 3 is 2.74 bits per heavy atom. The SMILES string of the molecule is OC1(c2cccs2)C(c2ccccc2)SC2=NCCCCCN21. The predicted molar refractivity (Wildman–Crippen MR) is 97.8 cm³/mol. The quantitative estimate of drug-likeness (QED) is 0.886. The molecule has 0 saturated carbocycles. The van der Waals surface area contributed by atoms with Crippen LogP contribution in [0.4, 0.5) is 0 Å². The fourth-order valence-corrected chi connectivity index (χ4v) is 5.72. The van der Waals surface area contributed by atoms with Crippen LogP contribution in [0.1, 0.15) is 35.0 Å². The number of rotatable bonds is 2. The zero-order valence-corrected chi connectivity index (χ0v) is 14.5. The second-order valence-corrected chi connectivity index (χ2v) is 8.01. The Labute approximate surface area is 145 Å². The summed E-state index contributed by atoms with van der Waals surface area (Å²) in [7, 11) is 0. The van der Waals surface area contributed by atoms with Crippen molar-refractivity contribution in [2.24, 2.45) is 4.99 Å². The van der Waals surface area contributed by atoms with Crippen LogP contribution in [0.25, 0.3) is 0 Å². The van der Waals surface area contributed by atoms with E-state index in [4.69, 9.17) is 4.99 Å². The number of thiophene rings is 1. The van der Waals surface area contributed by atoms with E-state index in [0.717, 1.165) is 41.5 Å². The van der Waals surface area contributed by atoms with Crippen LogP contribution in [0, 0.1) is 0 Å². The van der Waals surface area contributed by atoms with E-state index < -0.39 is 5.72 Å². The largest absolute Gasteiger partial charge is 0.365 e. The van der Waals surface area contributed by atoms with E-state index in [-0.39, 0.29) is 5.25 Å². The molecule has 1 fully saturated rings. The van der Waals surface area contributed by atoms with Crippen molar-refractivity contribution in [3.05, 3.63) is 58.3 Å². The van der Waals surface area contributed by atoms with Gasteiger partial charge in [0.1, 0.15) is 0 Å². The van der Waals surface area contributed by atoms with Crippen LogP contribution in [0.5, 0.6) is 0 Å². The smallest absolute Gasteiger partial charge is 0.192 e. The van der Waals surface area contributed by atoms with E-state index in [1.807, 2.05) is 35.7 Å². The topological polar surface area (TPSA) is 35.8 Å². The first-order valence-electron chi connectivity index (χ1n) is 8.10. The van der Waals surface area contributed by atoms with Crippen LogP contribution in [-0.2, 0) is 5.72 Å². The Kier molecular flexibility index (Phi) is 4.18. The van der Waals surface area contributed by atoms with Gasteiger partial charge >= 0.3 is 0 Å². The maximum atomic E-state index is 11.8. The van der Waals surface area contributed by atoms with Crippen LogP contribution < -0.4 is 0 Å². The Balaban J connectivity index is 1.83. The third kappa shape index (κ3) is 2.61. The minimum atomic E-state index is -1.00. The van der Waals surface area contributed by atoms with E-state index in [1.165, 1.54) is 6.42 Å². The van der Waals surface area contributed by atoms with Crippen LogP contribution in [-0.4, -0.2) is 28.3 Å². The monoisotopic (exact) mass is 344 g/mol. The normalized spacial score (nSPS) is 28.0. The highest BCUT2D eigenvalue weighted by atomic mass is 32.2. The van der Waals surface area contributed by atoms with Crippen molar-refractivity contribution >= 4 is 28.3 Å². The van der Waals surface area contributed by atoms with Crippen molar-refractivity contribution in [2.45, 2.75) is 30.2 Å². The molecule has 4 rings (SSSR count). The summed E-state index contributed by atoms with van der Waals surface area (Å²) in [5.41, 5.74) is 0.152. The van der Waals surface area contributed by atoms with Crippen molar-refractivity contribution in [1.29, 1.82) is 0 Å². The molecular formula is C18H20N2OS2. The number of benzene rings is 1. The molecule has 1 aromatic carbocycles. The Morgan fingerprint density at radius 2 is 1.96 bits per heavy atom. The Morgan fingerprint density at radius 1 is 1.09 bits per heavy atom. The second kappa shape index (κ2) is 6.30. The lowest BCUT2D eigenvalue weighted by Crippen LogP contribution is -2.46. The summed E-state index contributed by atoms with van der Waals surface area (Å²) in [6, 6.07) is 14.4. The molecule has 2 atom stereocenters. The molecule has 2 unspecified atom stereocenters. The van der Waals surface area contributed by atoms with Gasteiger partial charge in [-0.05, 0) is 36.3 Å². The lowest BCUT2D eigenvalue weighted by atomic mass is 9.98. The zero-order valence-electron chi connectivity index (χ0n) is 12.9. The van der Waals surface area contributed by atoms with Gasteiger partial charge in [-0.25, -0.2) is 0 Å². The molecule has 3 heterocycles. The summed E-state index contributed by atoms with van der Waals surface area (Å²) in [5, 5.41) is 14.8. The summed E-state index contributed by atoms with van der Waals surface area (Å²) in [5.74, 6) is 0. The number of hydrogen-bond donors (Lipinski definition) is 1. The summed E-state index contributed by atoms with van der Waals surface area (Å²) in [6.07, 6.45) is 3.43. The van der Waals surface area contributed by atoms with Crippen LogP contribution >= 0.6 is 23.1 Å². The van der Waals surface area contributed by atoms with E-state index in [1.54, 1.807) is 23.1 Å². The lowest BCUT2D eigenvalue weighted by Gasteiger charge is -2.37. The average Bonchev–Trinajstić information content (AvgIpc) is 3.17. The van der Waals surface area contributed by atoms with Gasteiger partial charge in [0.05, 0.1) is 10.1 Å². The molecule has 1 N–H and O–H groups in total. The first-order chi connectivity index (χ1) is 11.3. The standard InChI is InChI=1S/C18H20N2OS2/c21-18(15-10-7-13-22-15)16(14-8-3-1-4-9-14)23-17-19-11-5-2-6-12-20(17)18/h1,3-4,7-10,13,16,21H,2,5-6,11-12H2. The molecule has 3 nitrogen and oxygen atoms in total. The summed E-state index contributed by atoms with van der Waals surface area (Å²) in [6.45, 7) is 1.73. The minimum Gasteiger partial charge on any atom is -0.365 e. The van der Waals surface area contributed by atoms with Gasteiger partial charge in [-0.2, -0.15) is 0 Å². The molecule has 0 spiro atoms. The number of nitrogens with zero attached hydrogens (tertiary/aromatic N) is 2. The molecule has 1 saturated heterocycles. The van der Waals surface area contributed by atoms with Crippen molar-refractivity contribution in [3.63, 3.8) is 0 Å². The van der Waals surface area contributed by atoms with Crippen molar-refractivity contribution in [2.75, 3.05) is 13.1 Å². The summed E-state index contributed by atoms with van der Waals surface area (Å²) < 4.78 is 0. The van der Waals surface area contributed by atoms with Gasteiger partial charge in [0.25, 0.3) is 0 Å². The molecule has 0 amide bonds. The zero-order chi connectivity index (χ0) is 15.7. The highest BCUT2D eigenvalue weighted by Crippen LogP contribution is 2.55.